The quantitative estimate of drug-likeness (QED) is 0.599. The summed E-state index contributed by atoms with van der Waals surface area (Å²) in [6.45, 7) is 6.02. The largest absolute Gasteiger partial charge is 0.508 e. The smallest absolute Gasteiger partial charge is 0.244 e. The Morgan fingerprint density at radius 1 is 1.44 bits per heavy atom. The molecule has 1 aromatic carbocycles. The van der Waals surface area contributed by atoms with Gasteiger partial charge in [-0.1, -0.05) is 24.3 Å². The zero-order chi connectivity index (χ0) is 12.0. The minimum atomic E-state index is -0.156. The number of carbonyl (C=O) groups is 1. The highest BCUT2D eigenvalue weighted by molar-refractivity contribution is 5.91. The van der Waals surface area contributed by atoms with Crippen LogP contribution in [-0.2, 0) is 4.79 Å². The number of rotatable bonds is 4. The summed E-state index contributed by atoms with van der Waals surface area (Å²) < 4.78 is 0. The normalized spacial score (nSPS) is 10.3. The van der Waals surface area contributed by atoms with Crippen molar-refractivity contribution in [2.75, 3.05) is 6.54 Å². The predicted molar refractivity (Wildman–Crippen MR) is 65.0 cm³/mol. The van der Waals surface area contributed by atoms with Crippen LogP contribution in [0, 0.1) is 0 Å². The van der Waals surface area contributed by atoms with Crippen LogP contribution >= 0.6 is 0 Å². The second-order valence-electron chi connectivity index (χ2n) is 3.60. The lowest BCUT2D eigenvalue weighted by Crippen LogP contribution is -2.22. The van der Waals surface area contributed by atoms with Crippen LogP contribution in [0.2, 0.25) is 0 Å². The zero-order valence-electron chi connectivity index (χ0n) is 9.23. The molecule has 84 valence electrons. The first-order chi connectivity index (χ1) is 7.58. The standard InChI is InChI=1S/C13H15NO2/c1-10(2)9-14-13(16)8-5-11-3-6-12(15)7-4-11/h3-8,15H,1,9H2,2H3,(H,14,16)/b8-5+. The van der Waals surface area contributed by atoms with Crippen molar-refractivity contribution >= 4 is 12.0 Å². The SMILES string of the molecule is C=C(C)CNC(=O)/C=C/c1ccc(O)cc1. The topological polar surface area (TPSA) is 49.3 Å². The van der Waals surface area contributed by atoms with Crippen molar-refractivity contribution in [3.05, 3.63) is 48.1 Å². The third kappa shape index (κ3) is 4.46. The Balaban J connectivity index is 2.50. The molecule has 2 N–H and O–H groups in total. The summed E-state index contributed by atoms with van der Waals surface area (Å²) in [4.78, 5) is 11.3. The molecule has 0 saturated carbocycles. The van der Waals surface area contributed by atoms with Crippen LogP contribution < -0.4 is 5.32 Å². The fourth-order valence-corrected chi connectivity index (χ4v) is 1.05. The lowest BCUT2D eigenvalue weighted by atomic mass is 10.2. The minimum Gasteiger partial charge on any atom is -0.508 e. The van der Waals surface area contributed by atoms with E-state index in [1.165, 1.54) is 6.08 Å². The Kier molecular flexibility index (Phi) is 4.33. The van der Waals surface area contributed by atoms with Gasteiger partial charge in [-0.15, -0.1) is 0 Å². The number of hydrogen-bond acceptors (Lipinski definition) is 2. The van der Waals surface area contributed by atoms with Gasteiger partial charge in [0, 0.05) is 12.6 Å². The van der Waals surface area contributed by atoms with Gasteiger partial charge in [0.1, 0.15) is 5.75 Å². The molecule has 1 aromatic rings. The maximum Gasteiger partial charge on any atom is 0.244 e. The number of phenols is 1. The number of nitrogens with one attached hydrogen (secondary N) is 1. The molecule has 0 radical (unpaired) electrons. The van der Waals surface area contributed by atoms with E-state index < -0.39 is 0 Å². The summed E-state index contributed by atoms with van der Waals surface area (Å²) in [5, 5.41) is 11.8. The number of hydrogen-bond donors (Lipinski definition) is 2. The summed E-state index contributed by atoms with van der Waals surface area (Å²) in [5.41, 5.74) is 1.77. The van der Waals surface area contributed by atoms with Crippen molar-refractivity contribution in [1.82, 2.24) is 5.32 Å². The molecule has 3 nitrogen and oxygen atoms in total. The Hall–Kier alpha value is -2.03. The maximum atomic E-state index is 11.3. The molecule has 16 heavy (non-hydrogen) atoms. The average Bonchev–Trinajstić information content (AvgIpc) is 2.25. The fraction of sp³-hybridized carbons (Fsp3) is 0.154. The van der Waals surface area contributed by atoms with E-state index in [1.807, 2.05) is 6.92 Å². The molecular formula is C13H15NO2. The van der Waals surface area contributed by atoms with Crippen molar-refractivity contribution in [1.29, 1.82) is 0 Å². The van der Waals surface area contributed by atoms with Gasteiger partial charge in [0.2, 0.25) is 5.91 Å². The summed E-state index contributed by atoms with van der Waals surface area (Å²) in [7, 11) is 0. The van der Waals surface area contributed by atoms with E-state index in [9.17, 15) is 4.79 Å². The zero-order valence-corrected chi connectivity index (χ0v) is 9.23. The summed E-state index contributed by atoms with van der Waals surface area (Å²) >= 11 is 0. The molecule has 0 aliphatic rings. The number of phenolic OH excluding ortho intramolecular Hbond substituents is 1. The van der Waals surface area contributed by atoms with Gasteiger partial charge in [0.15, 0.2) is 0 Å². The molecular weight excluding hydrogens is 202 g/mol. The first kappa shape index (κ1) is 12.0. The van der Waals surface area contributed by atoms with Crippen molar-refractivity contribution in [2.45, 2.75) is 6.92 Å². The molecule has 0 fully saturated rings. The molecule has 1 amide bonds. The highest BCUT2D eigenvalue weighted by Gasteiger charge is 1.94. The first-order valence-electron chi connectivity index (χ1n) is 4.97. The summed E-state index contributed by atoms with van der Waals surface area (Å²) in [5.74, 6) is 0.0555. The van der Waals surface area contributed by atoms with E-state index in [4.69, 9.17) is 5.11 Å². The van der Waals surface area contributed by atoms with Crippen LogP contribution in [0.4, 0.5) is 0 Å². The monoisotopic (exact) mass is 217 g/mol. The van der Waals surface area contributed by atoms with E-state index in [0.717, 1.165) is 11.1 Å². The van der Waals surface area contributed by atoms with Crippen LogP contribution in [0.15, 0.2) is 42.5 Å². The third-order valence-corrected chi connectivity index (χ3v) is 1.88. The molecule has 3 heteroatoms. The highest BCUT2D eigenvalue weighted by Crippen LogP contribution is 2.10. The molecule has 0 spiro atoms. The summed E-state index contributed by atoms with van der Waals surface area (Å²) in [6, 6.07) is 6.62. The second kappa shape index (κ2) is 5.75. The predicted octanol–water partition coefficient (Wildman–Crippen LogP) is 2.10. The Bertz CT molecular complexity index is 404. The van der Waals surface area contributed by atoms with Crippen LogP contribution in [0.3, 0.4) is 0 Å². The average molecular weight is 217 g/mol. The third-order valence-electron chi connectivity index (χ3n) is 1.88. The molecule has 1 rings (SSSR count). The lowest BCUT2D eigenvalue weighted by Gasteiger charge is -2.00. The number of aromatic hydroxyl groups is 1. The molecule has 0 atom stereocenters. The molecule has 0 heterocycles. The van der Waals surface area contributed by atoms with Gasteiger partial charge in [-0.05, 0) is 30.7 Å². The Morgan fingerprint density at radius 2 is 2.06 bits per heavy atom. The minimum absolute atomic E-state index is 0.156. The van der Waals surface area contributed by atoms with Crippen LogP contribution in [0.25, 0.3) is 6.08 Å². The van der Waals surface area contributed by atoms with E-state index >= 15 is 0 Å². The molecule has 0 aromatic heterocycles. The van der Waals surface area contributed by atoms with Gasteiger partial charge in [-0.2, -0.15) is 0 Å². The van der Waals surface area contributed by atoms with Gasteiger partial charge in [-0.3, -0.25) is 4.79 Å². The second-order valence-corrected chi connectivity index (χ2v) is 3.60. The van der Waals surface area contributed by atoms with E-state index in [0.29, 0.717) is 6.54 Å². The molecule has 0 bridgehead atoms. The van der Waals surface area contributed by atoms with E-state index in [-0.39, 0.29) is 11.7 Å². The highest BCUT2D eigenvalue weighted by atomic mass is 16.3. The maximum absolute atomic E-state index is 11.3. The molecule has 0 aliphatic carbocycles. The van der Waals surface area contributed by atoms with E-state index in [1.54, 1.807) is 30.3 Å². The fourth-order valence-electron chi connectivity index (χ4n) is 1.05. The van der Waals surface area contributed by atoms with Gasteiger partial charge in [-0.25, -0.2) is 0 Å². The molecule has 0 aliphatic heterocycles. The molecule has 0 saturated heterocycles. The first-order valence-corrected chi connectivity index (χ1v) is 4.97. The van der Waals surface area contributed by atoms with Gasteiger partial charge < -0.3 is 10.4 Å². The van der Waals surface area contributed by atoms with Crippen LogP contribution in [-0.4, -0.2) is 17.6 Å². The Labute approximate surface area is 95.1 Å². The summed E-state index contributed by atoms with van der Waals surface area (Å²) in [6.07, 6.45) is 3.14. The van der Waals surface area contributed by atoms with Crippen molar-refractivity contribution < 1.29 is 9.90 Å². The van der Waals surface area contributed by atoms with Crippen LogP contribution in [0.1, 0.15) is 12.5 Å². The number of carbonyl (C=O) groups excluding carboxylic acids is 1. The van der Waals surface area contributed by atoms with E-state index in [2.05, 4.69) is 11.9 Å². The number of benzene rings is 1. The lowest BCUT2D eigenvalue weighted by molar-refractivity contribution is -0.116. The van der Waals surface area contributed by atoms with Gasteiger partial charge in [0.05, 0.1) is 0 Å². The van der Waals surface area contributed by atoms with Gasteiger partial charge in [0.25, 0.3) is 0 Å². The Morgan fingerprint density at radius 3 is 2.62 bits per heavy atom. The van der Waals surface area contributed by atoms with Crippen molar-refractivity contribution in [3.63, 3.8) is 0 Å². The molecule has 0 unspecified atom stereocenters. The van der Waals surface area contributed by atoms with Crippen LogP contribution in [0.5, 0.6) is 5.75 Å². The van der Waals surface area contributed by atoms with Gasteiger partial charge >= 0.3 is 0 Å². The number of amides is 1. The van der Waals surface area contributed by atoms with Crippen molar-refractivity contribution in [2.24, 2.45) is 0 Å². The van der Waals surface area contributed by atoms with Crippen molar-refractivity contribution in [3.8, 4) is 5.75 Å².